The van der Waals surface area contributed by atoms with Gasteiger partial charge in [0.05, 0.1) is 20.3 Å². The second-order valence-corrected chi connectivity index (χ2v) is 5.09. The van der Waals surface area contributed by atoms with Gasteiger partial charge in [-0.15, -0.1) is 0 Å². The molecule has 3 aromatic rings. The van der Waals surface area contributed by atoms with Gasteiger partial charge in [0.15, 0.2) is 0 Å². The minimum atomic E-state index is -0.474. The van der Waals surface area contributed by atoms with Crippen LogP contribution in [0.4, 0.5) is 0 Å². The van der Waals surface area contributed by atoms with Crippen LogP contribution in [0.2, 0.25) is 0 Å². The van der Waals surface area contributed by atoms with E-state index in [-0.39, 0.29) is 17.8 Å². The number of hydrogen-bond acceptors (Lipinski definition) is 7. The molecule has 0 aliphatic carbocycles. The van der Waals surface area contributed by atoms with Crippen LogP contribution in [0.5, 0.6) is 23.5 Å². The quantitative estimate of drug-likeness (QED) is 0.728. The first-order chi connectivity index (χ1) is 11.5. The zero-order valence-corrected chi connectivity index (χ0v) is 13.7. The number of rotatable bonds is 4. The Bertz CT molecular complexity index is 943. The average molecular weight is 328 g/mol. The van der Waals surface area contributed by atoms with Gasteiger partial charge in [-0.2, -0.15) is 9.97 Å². The van der Waals surface area contributed by atoms with Gasteiger partial charge in [0.25, 0.3) is 0 Å². The fourth-order valence-electron chi connectivity index (χ4n) is 2.33. The first kappa shape index (κ1) is 15.8. The highest BCUT2D eigenvalue weighted by molar-refractivity contribution is 5.90. The van der Waals surface area contributed by atoms with Gasteiger partial charge in [0.1, 0.15) is 16.9 Å². The van der Waals surface area contributed by atoms with Gasteiger partial charge in [-0.25, -0.2) is 4.79 Å². The number of aromatic nitrogens is 2. The summed E-state index contributed by atoms with van der Waals surface area (Å²) in [6.45, 7) is 3.63. The third-order valence-corrected chi connectivity index (χ3v) is 3.69. The van der Waals surface area contributed by atoms with Gasteiger partial charge >= 0.3 is 11.6 Å². The highest BCUT2D eigenvalue weighted by Gasteiger charge is 2.15. The molecular formula is C17H16N2O5. The summed E-state index contributed by atoms with van der Waals surface area (Å²) >= 11 is 0. The van der Waals surface area contributed by atoms with Crippen molar-refractivity contribution in [1.29, 1.82) is 0 Å². The predicted molar refractivity (Wildman–Crippen MR) is 87.2 cm³/mol. The van der Waals surface area contributed by atoms with Gasteiger partial charge in [-0.3, -0.25) is 0 Å². The van der Waals surface area contributed by atoms with Crippen LogP contribution in [0.25, 0.3) is 10.8 Å². The SMILES string of the molecule is COc1cc(OC)nc(Oc2cccc3c(C)c(C)oc(=O)c23)n1. The third-order valence-electron chi connectivity index (χ3n) is 3.69. The molecule has 7 heteroatoms. The Kier molecular flexibility index (Phi) is 4.07. The number of aryl methyl sites for hydroxylation is 2. The van der Waals surface area contributed by atoms with Gasteiger partial charge < -0.3 is 18.6 Å². The van der Waals surface area contributed by atoms with E-state index >= 15 is 0 Å². The number of fused-ring (bicyclic) bond motifs is 1. The number of nitrogens with zero attached hydrogens (tertiary/aromatic N) is 2. The fraction of sp³-hybridized carbons (Fsp3) is 0.235. The van der Waals surface area contributed by atoms with E-state index in [1.165, 1.54) is 20.3 Å². The second-order valence-electron chi connectivity index (χ2n) is 5.09. The smallest absolute Gasteiger partial charge is 0.347 e. The molecule has 1 aromatic carbocycles. The highest BCUT2D eigenvalue weighted by Crippen LogP contribution is 2.30. The highest BCUT2D eigenvalue weighted by atomic mass is 16.5. The van der Waals surface area contributed by atoms with E-state index < -0.39 is 5.63 Å². The lowest BCUT2D eigenvalue weighted by Gasteiger charge is -2.10. The van der Waals surface area contributed by atoms with Crippen molar-refractivity contribution in [2.75, 3.05) is 14.2 Å². The van der Waals surface area contributed by atoms with E-state index in [9.17, 15) is 4.79 Å². The molecule has 0 saturated heterocycles. The van der Waals surface area contributed by atoms with Crippen LogP contribution in [-0.2, 0) is 0 Å². The van der Waals surface area contributed by atoms with Crippen molar-refractivity contribution in [2.45, 2.75) is 13.8 Å². The molecule has 0 bridgehead atoms. The normalized spacial score (nSPS) is 10.7. The Hall–Kier alpha value is -3.09. The largest absolute Gasteiger partial charge is 0.481 e. The number of benzene rings is 1. The summed E-state index contributed by atoms with van der Waals surface area (Å²) in [7, 11) is 2.95. The molecule has 0 spiro atoms. The standard InChI is InChI=1S/C17H16N2O5/c1-9-10(2)23-16(20)15-11(9)6-5-7-12(15)24-17-18-13(21-3)8-14(19-17)22-4/h5-8H,1-4H3. The van der Waals surface area contributed by atoms with Crippen molar-refractivity contribution < 1.29 is 18.6 Å². The van der Waals surface area contributed by atoms with Crippen LogP contribution in [0, 0.1) is 13.8 Å². The summed E-state index contributed by atoms with van der Waals surface area (Å²) < 4.78 is 21.2. The van der Waals surface area contributed by atoms with Gasteiger partial charge in [0, 0.05) is 0 Å². The molecule has 2 heterocycles. The van der Waals surface area contributed by atoms with Crippen molar-refractivity contribution in [3.8, 4) is 23.5 Å². The molecule has 2 aromatic heterocycles. The van der Waals surface area contributed by atoms with Gasteiger partial charge in [-0.05, 0) is 30.9 Å². The molecule has 0 saturated carbocycles. The number of methoxy groups -OCH3 is 2. The van der Waals surface area contributed by atoms with Crippen LogP contribution in [0.1, 0.15) is 11.3 Å². The lowest BCUT2D eigenvalue weighted by Crippen LogP contribution is -2.05. The summed E-state index contributed by atoms with van der Waals surface area (Å²) in [5.41, 5.74) is 0.401. The van der Waals surface area contributed by atoms with Crippen molar-refractivity contribution in [2.24, 2.45) is 0 Å². The zero-order chi connectivity index (χ0) is 17.3. The summed E-state index contributed by atoms with van der Waals surface area (Å²) in [6.07, 6.45) is 0. The van der Waals surface area contributed by atoms with Gasteiger partial charge in [-0.1, -0.05) is 12.1 Å². The molecule has 0 aliphatic heterocycles. The molecule has 0 amide bonds. The van der Waals surface area contributed by atoms with Crippen molar-refractivity contribution in [3.05, 3.63) is 46.0 Å². The maximum Gasteiger partial charge on any atom is 0.347 e. The predicted octanol–water partition coefficient (Wildman–Crippen LogP) is 3.01. The summed E-state index contributed by atoms with van der Waals surface area (Å²) in [5.74, 6) is 1.45. The third kappa shape index (κ3) is 2.76. The molecule has 0 atom stereocenters. The van der Waals surface area contributed by atoms with Crippen molar-refractivity contribution in [1.82, 2.24) is 9.97 Å². The maximum atomic E-state index is 12.3. The molecule has 24 heavy (non-hydrogen) atoms. The number of hydrogen-bond donors (Lipinski definition) is 0. The van der Waals surface area contributed by atoms with E-state index in [2.05, 4.69) is 9.97 Å². The van der Waals surface area contributed by atoms with Gasteiger partial charge in [0.2, 0.25) is 11.8 Å². The van der Waals surface area contributed by atoms with Crippen LogP contribution >= 0.6 is 0 Å². The summed E-state index contributed by atoms with van der Waals surface area (Å²) in [6, 6.07) is 6.83. The van der Waals surface area contributed by atoms with Crippen LogP contribution < -0.4 is 19.8 Å². The Morgan fingerprint density at radius 2 is 1.71 bits per heavy atom. The lowest BCUT2D eigenvalue weighted by molar-refractivity contribution is 0.348. The minimum absolute atomic E-state index is 0.0105. The average Bonchev–Trinajstić information content (AvgIpc) is 2.59. The molecule has 0 unspecified atom stereocenters. The monoisotopic (exact) mass is 328 g/mol. The Morgan fingerprint density at radius 3 is 2.33 bits per heavy atom. The topological polar surface area (TPSA) is 83.7 Å². The van der Waals surface area contributed by atoms with Crippen LogP contribution in [-0.4, -0.2) is 24.2 Å². The summed E-state index contributed by atoms with van der Waals surface area (Å²) in [5, 5.41) is 1.10. The van der Waals surface area contributed by atoms with Crippen LogP contribution in [0.3, 0.4) is 0 Å². The molecule has 0 N–H and O–H groups in total. The van der Waals surface area contributed by atoms with E-state index in [0.717, 1.165) is 10.9 Å². The zero-order valence-electron chi connectivity index (χ0n) is 13.7. The van der Waals surface area contributed by atoms with Crippen molar-refractivity contribution in [3.63, 3.8) is 0 Å². The molecule has 0 fully saturated rings. The first-order valence-corrected chi connectivity index (χ1v) is 7.21. The molecule has 0 aliphatic rings. The van der Waals surface area contributed by atoms with E-state index in [1.807, 2.05) is 13.0 Å². The molecule has 3 rings (SSSR count). The molecule has 7 nitrogen and oxygen atoms in total. The maximum absolute atomic E-state index is 12.3. The Morgan fingerprint density at radius 1 is 1.04 bits per heavy atom. The first-order valence-electron chi connectivity index (χ1n) is 7.21. The Balaban J connectivity index is 2.15. The Labute approximate surface area is 137 Å². The van der Waals surface area contributed by atoms with Crippen LogP contribution in [0.15, 0.2) is 33.5 Å². The van der Waals surface area contributed by atoms with E-state index in [4.69, 9.17) is 18.6 Å². The minimum Gasteiger partial charge on any atom is -0.481 e. The van der Waals surface area contributed by atoms with E-state index in [1.54, 1.807) is 19.1 Å². The summed E-state index contributed by atoms with van der Waals surface area (Å²) in [4.78, 5) is 20.5. The second kappa shape index (κ2) is 6.19. The fourth-order valence-corrected chi connectivity index (χ4v) is 2.33. The molecule has 0 radical (unpaired) electrons. The molecule has 124 valence electrons. The molecular weight excluding hydrogens is 312 g/mol. The lowest BCUT2D eigenvalue weighted by atomic mass is 10.1. The number of ether oxygens (including phenoxy) is 3. The van der Waals surface area contributed by atoms with Crippen molar-refractivity contribution >= 4 is 10.8 Å². The van der Waals surface area contributed by atoms with E-state index in [0.29, 0.717) is 16.9 Å².